The van der Waals surface area contributed by atoms with E-state index in [-0.39, 0.29) is 16.7 Å². The minimum Gasteiger partial charge on any atom is -0.497 e. The molecule has 0 aliphatic carbocycles. The number of methoxy groups -OCH3 is 1. The molecule has 23 heavy (non-hydrogen) atoms. The minimum atomic E-state index is -3.79. The first kappa shape index (κ1) is 15.7. The number of imidazole rings is 1. The van der Waals surface area contributed by atoms with Gasteiger partial charge in [-0.1, -0.05) is 23.7 Å². The first-order chi connectivity index (χ1) is 11.0. The summed E-state index contributed by atoms with van der Waals surface area (Å²) in [6.45, 7) is 0.118. The van der Waals surface area contributed by atoms with E-state index in [1.807, 2.05) is 0 Å². The molecular formula is C14H13ClN4O3S. The minimum absolute atomic E-state index is 0.0714. The molecule has 0 unspecified atom stereocenters. The number of sulfonamides is 1. The van der Waals surface area contributed by atoms with Crippen LogP contribution >= 0.6 is 11.6 Å². The zero-order valence-electron chi connectivity index (χ0n) is 12.1. The highest BCUT2D eigenvalue weighted by atomic mass is 35.5. The maximum absolute atomic E-state index is 12.5. The van der Waals surface area contributed by atoms with Gasteiger partial charge in [0, 0.05) is 6.54 Å². The van der Waals surface area contributed by atoms with Crippen molar-refractivity contribution in [1.82, 2.24) is 19.3 Å². The van der Waals surface area contributed by atoms with Gasteiger partial charge in [0.05, 0.1) is 13.3 Å². The molecule has 120 valence electrons. The van der Waals surface area contributed by atoms with Crippen LogP contribution in [0, 0.1) is 0 Å². The number of hydrogen-bond acceptors (Lipinski definition) is 5. The van der Waals surface area contributed by atoms with Gasteiger partial charge in [-0.05, 0) is 29.8 Å². The molecule has 0 fully saturated rings. The van der Waals surface area contributed by atoms with E-state index in [4.69, 9.17) is 16.3 Å². The number of halogens is 1. The Kier molecular flexibility index (Phi) is 4.20. The number of ether oxygens (including phenoxy) is 1. The van der Waals surface area contributed by atoms with Gasteiger partial charge in [-0.2, -0.15) is 9.61 Å². The number of hydrogen-bond donors (Lipinski definition) is 1. The fourth-order valence-electron chi connectivity index (χ4n) is 2.05. The Bertz CT molecular complexity index is 956. The molecule has 0 saturated heterocycles. The third-order valence-corrected chi connectivity index (χ3v) is 4.73. The van der Waals surface area contributed by atoms with Gasteiger partial charge in [0.15, 0.2) is 10.7 Å². The van der Waals surface area contributed by atoms with Crippen molar-refractivity contribution in [3.8, 4) is 5.75 Å². The third-order valence-electron chi connectivity index (χ3n) is 3.17. The van der Waals surface area contributed by atoms with Crippen molar-refractivity contribution in [1.29, 1.82) is 0 Å². The largest absolute Gasteiger partial charge is 0.497 e. The first-order valence-electron chi connectivity index (χ1n) is 6.62. The summed E-state index contributed by atoms with van der Waals surface area (Å²) in [5.41, 5.74) is 1.17. The van der Waals surface area contributed by atoms with Crippen molar-refractivity contribution in [3.63, 3.8) is 0 Å². The summed E-state index contributed by atoms with van der Waals surface area (Å²) < 4.78 is 33.7. The molecule has 0 radical (unpaired) electrons. The van der Waals surface area contributed by atoms with E-state index >= 15 is 0 Å². The predicted octanol–water partition coefficient (Wildman–Crippen LogP) is 1.87. The Morgan fingerprint density at radius 1 is 1.30 bits per heavy atom. The van der Waals surface area contributed by atoms with Gasteiger partial charge in [0.1, 0.15) is 10.9 Å². The Morgan fingerprint density at radius 3 is 2.91 bits per heavy atom. The van der Waals surface area contributed by atoms with E-state index in [2.05, 4.69) is 14.8 Å². The fourth-order valence-corrected chi connectivity index (χ4v) is 3.24. The number of rotatable bonds is 5. The maximum Gasteiger partial charge on any atom is 0.260 e. The van der Waals surface area contributed by atoms with Crippen LogP contribution in [-0.2, 0) is 16.6 Å². The molecule has 2 aromatic heterocycles. The van der Waals surface area contributed by atoms with Gasteiger partial charge < -0.3 is 4.74 Å². The molecule has 0 atom stereocenters. The Hall–Kier alpha value is -2.16. The van der Waals surface area contributed by atoms with Crippen LogP contribution in [0.25, 0.3) is 5.65 Å². The molecule has 7 nitrogen and oxygen atoms in total. The standard InChI is InChI=1S/C14H13ClN4O3S/c1-22-11-4-2-3-10(7-11)8-17-23(20,21)14-9-16-13-6-5-12(15)18-19(13)14/h2-7,9,17H,8H2,1H3. The van der Waals surface area contributed by atoms with Gasteiger partial charge in [0.25, 0.3) is 10.0 Å². The molecule has 3 rings (SSSR count). The number of benzene rings is 1. The van der Waals surface area contributed by atoms with E-state index in [9.17, 15) is 8.42 Å². The molecule has 0 saturated carbocycles. The summed E-state index contributed by atoms with van der Waals surface area (Å²) >= 11 is 5.82. The smallest absolute Gasteiger partial charge is 0.260 e. The topological polar surface area (TPSA) is 85.6 Å². The van der Waals surface area contributed by atoms with E-state index < -0.39 is 10.0 Å². The molecule has 9 heteroatoms. The van der Waals surface area contributed by atoms with Crippen molar-refractivity contribution in [2.75, 3.05) is 7.11 Å². The lowest BCUT2D eigenvalue weighted by Gasteiger charge is -2.07. The second-order valence-corrected chi connectivity index (χ2v) is 6.80. The second kappa shape index (κ2) is 6.15. The Morgan fingerprint density at radius 2 is 2.13 bits per heavy atom. The zero-order chi connectivity index (χ0) is 16.4. The van der Waals surface area contributed by atoms with Crippen molar-refractivity contribution in [2.24, 2.45) is 0 Å². The summed E-state index contributed by atoms with van der Waals surface area (Å²) in [4.78, 5) is 4.01. The maximum atomic E-state index is 12.5. The third kappa shape index (κ3) is 3.29. The van der Waals surface area contributed by atoms with Crippen molar-refractivity contribution >= 4 is 27.3 Å². The molecule has 0 amide bonds. The van der Waals surface area contributed by atoms with Gasteiger partial charge >= 0.3 is 0 Å². The lowest BCUT2D eigenvalue weighted by molar-refractivity contribution is 0.414. The predicted molar refractivity (Wildman–Crippen MR) is 85.0 cm³/mol. The average Bonchev–Trinajstić information content (AvgIpc) is 2.97. The summed E-state index contributed by atoms with van der Waals surface area (Å²) in [5, 5.41) is 4.07. The Balaban J connectivity index is 1.87. The second-order valence-electron chi connectivity index (χ2n) is 4.70. The van der Waals surface area contributed by atoms with Crippen LogP contribution in [0.15, 0.2) is 47.6 Å². The molecule has 3 aromatic rings. The summed E-state index contributed by atoms with van der Waals surface area (Å²) in [6.07, 6.45) is 1.24. The average molecular weight is 353 g/mol. The monoisotopic (exact) mass is 352 g/mol. The van der Waals surface area contributed by atoms with Crippen LogP contribution in [-0.4, -0.2) is 30.1 Å². The van der Waals surface area contributed by atoms with E-state index in [1.54, 1.807) is 43.5 Å². The van der Waals surface area contributed by atoms with Crippen LogP contribution in [0.2, 0.25) is 5.15 Å². The summed E-state index contributed by atoms with van der Waals surface area (Å²) in [5.74, 6) is 0.657. The quantitative estimate of drug-likeness (QED) is 0.757. The summed E-state index contributed by atoms with van der Waals surface area (Å²) in [6, 6.07) is 10.3. The van der Waals surface area contributed by atoms with Crippen molar-refractivity contribution in [3.05, 3.63) is 53.3 Å². The van der Waals surface area contributed by atoms with Crippen molar-refractivity contribution < 1.29 is 13.2 Å². The van der Waals surface area contributed by atoms with Crippen LogP contribution in [0.5, 0.6) is 5.75 Å². The molecule has 0 bridgehead atoms. The normalized spacial score (nSPS) is 11.7. The van der Waals surface area contributed by atoms with Gasteiger partial charge in [-0.3, -0.25) is 0 Å². The fraction of sp³-hybridized carbons (Fsp3) is 0.143. The summed E-state index contributed by atoms with van der Waals surface area (Å²) in [7, 11) is -2.24. The van der Waals surface area contributed by atoms with Gasteiger partial charge in [-0.15, -0.1) is 0 Å². The highest BCUT2D eigenvalue weighted by Crippen LogP contribution is 2.15. The number of aromatic nitrogens is 3. The molecule has 1 N–H and O–H groups in total. The number of nitrogens with one attached hydrogen (secondary N) is 1. The molecule has 1 aromatic carbocycles. The lowest BCUT2D eigenvalue weighted by atomic mass is 10.2. The Labute approximate surface area is 137 Å². The SMILES string of the molecule is COc1cccc(CNS(=O)(=O)c2cnc3ccc(Cl)nn23)c1. The molecule has 0 spiro atoms. The van der Waals surface area contributed by atoms with E-state index in [0.29, 0.717) is 11.4 Å². The molecule has 0 aliphatic heterocycles. The van der Waals surface area contributed by atoms with Gasteiger partial charge in [0.2, 0.25) is 0 Å². The van der Waals surface area contributed by atoms with Crippen LogP contribution in [0.4, 0.5) is 0 Å². The lowest BCUT2D eigenvalue weighted by Crippen LogP contribution is -2.24. The van der Waals surface area contributed by atoms with E-state index in [0.717, 1.165) is 5.56 Å². The molecule has 0 aliphatic rings. The van der Waals surface area contributed by atoms with Crippen LogP contribution in [0.3, 0.4) is 0 Å². The van der Waals surface area contributed by atoms with Crippen LogP contribution in [0.1, 0.15) is 5.56 Å². The van der Waals surface area contributed by atoms with Crippen molar-refractivity contribution in [2.45, 2.75) is 11.6 Å². The zero-order valence-corrected chi connectivity index (χ0v) is 13.7. The highest BCUT2D eigenvalue weighted by molar-refractivity contribution is 7.89. The van der Waals surface area contributed by atoms with E-state index in [1.165, 1.54) is 10.7 Å². The van der Waals surface area contributed by atoms with Crippen LogP contribution < -0.4 is 9.46 Å². The number of fused-ring (bicyclic) bond motifs is 1. The number of nitrogens with zero attached hydrogens (tertiary/aromatic N) is 3. The molecular weight excluding hydrogens is 340 g/mol. The highest BCUT2D eigenvalue weighted by Gasteiger charge is 2.20. The molecule has 2 heterocycles. The van der Waals surface area contributed by atoms with Gasteiger partial charge in [-0.25, -0.2) is 18.1 Å². The first-order valence-corrected chi connectivity index (χ1v) is 8.48.